The van der Waals surface area contributed by atoms with Crippen molar-refractivity contribution in [3.05, 3.63) is 34.9 Å². The highest BCUT2D eigenvalue weighted by Crippen LogP contribution is 2.34. The molecule has 0 saturated heterocycles. The van der Waals surface area contributed by atoms with E-state index in [1.54, 1.807) is 0 Å². The fraction of sp³-hybridized carbons (Fsp3) is 0.625. The van der Waals surface area contributed by atoms with Crippen molar-refractivity contribution in [1.29, 1.82) is 0 Å². The van der Waals surface area contributed by atoms with E-state index in [1.807, 2.05) is 0 Å². The average Bonchev–Trinajstić information content (AvgIpc) is 2.51. The summed E-state index contributed by atoms with van der Waals surface area (Å²) < 4.78 is 0. The first kappa shape index (κ1) is 12.6. The number of aliphatic hydroxyl groups is 1. The summed E-state index contributed by atoms with van der Waals surface area (Å²) in [6, 6.07) is 6.73. The SMILES string of the molecule is CCC(C)(C)c1ccc2c(c1)C(O)CCCC2. The van der Waals surface area contributed by atoms with Crippen LogP contribution in [0.2, 0.25) is 0 Å². The van der Waals surface area contributed by atoms with Gasteiger partial charge in [0, 0.05) is 0 Å². The van der Waals surface area contributed by atoms with Crippen LogP contribution in [-0.2, 0) is 11.8 Å². The summed E-state index contributed by atoms with van der Waals surface area (Å²) in [4.78, 5) is 0. The van der Waals surface area contributed by atoms with Gasteiger partial charge in [-0.25, -0.2) is 0 Å². The molecule has 1 N–H and O–H groups in total. The topological polar surface area (TPSA) is 20.2 Å². The van der Waals surface area contributed by atoms with E-state index in [4.69, 9.17) is 0 Å². The lowest BCUT2D eigenvalue weighted by atomic mass is 9.80. The molecule has 1 aromatic rings. The molecular formula is C16H24O. The van der Waals surface area contributed by atoms with Crippen molar-refractivity contribution in [2.24, 2.45) is 0 Å². The molecular weight excluding hydrogens is 208 g/mol. The van der Waals surface area contributed by atoms with Crippen LogP contribution < -0.4 is 0 Å². The summed E-state index contributed by atoms with van der Waals surface area (Å²) in [5, 5.41) is 10.2. The standard InChI is InChI=1S/C16H24O/c1-4-16(2,3)13-10-9-12-7-5-6-8-15(17)14(12)11-13/h9-11,15,17H,4-8H2,1-3H3. The highest BCUT2D eigenvalue weighted by Gasteiger charge is 2.22. The molecule has 1 unspecified atom stereocenters. The van der Waals surface area contributed by atoms with Gasteiger partial charge < -0.3 is 5.11 Å². The Morgan fingerprint density at radius 3 is 2.76 bits per heavy atom. The molecule has 0 radical (unpaired) electrons. The number of fused-ring (bicyclic) bond motifs is 1. The van der Waals surface area contributed by atoms with Gasteiger partial charge in [-0.1, -0.05) is 45.4 Å². The smallest absolute Gasteiger partial charge is 0.0792 e. The third kappa shape index (κ3) is 2.55. The van der Waals surface area contributed by atoms with Crippen LogP contribution in [-0.4, -0.2) is 5.11 Å². The fourth-order valence-electron chi connectivity index (χ4n) is 2.57. The van der Waals surface area contributed by atoms with Gasteiger partial charge >= 0.3 is 0 Å². The van der Waals surface area contributed by atoms with E-state index in [2.05, 4.69) is 39.0 Å². The Balaban J connectivity index is 2.41. The predicted molar refractivity (Wildman–Crippen MR) is 72.3 cm³/mol. The van der Waals surface area contributed by atoms with E-state index in [1.165, 1.54) is 23.1 Å². The van der Waals surface area contributed by atoms with E-state index >= 15 is 0 Å². The Morgan fingerprint density at radius 2 is 2.06 bits per heavy atom. The van der Waals surface area contributed by atoms with Crippen LogP contribution in [0, 0.1) is 0 Å². The first-order chi connectivity index (χ1) is 8.04. The van der Waals surface area contributed by atoms with Crippen molar-refractivity contribution in [3.8, 4) is 0 Å². The second-order valence-electron chi connectivity index (χ2n) is 5.91. The Hall–Kier alpha value is -0.820. The second-order valence-corrected chi connectivity index (χ2v) is 5.91. The van der Waals surface area contributed by atoms with E-state index in [0.29, 0.717) is 0 Å². The molecule has 0 amide bonds. The van der Waals surface area contributed by atoms with Crippen LogP contribution in [0.1, 0.15) is 69.2 Å². The lowest BCUT2D eigenvalue weighted by Gasteiger charge is -2.25. The first-order valence-electron chi connectivity index (χ1n) is 6.86. The number of aryl methyl sites for hydroxylation is 1. The molecule has 0 spiro atoms. The van der Waals surface area contributed by atoms with E-state index in [0.717, 1.165) is 25.7 Å². The van der Waals surface area contributed by atoms with Crippen molar-refractivity contribution >= 4 is 0 Å². The first-order valence-corrected chi connectivity index (χ1v) is 6.86. The molecule has 0 fully saturated rings. The summed E-state index contributed by atoms with van der Waals surface area (Å²) in [7, 11) is 0. The summed E-state index contributed by atoms with van der Waals surface area (Å²) in [5.41, 5.74) is 4.10. The zero-order valence-electron chi connectivity index (χ0n) is 11.3. The van der Waals surface area contributed by atoms with Crippen molar-refractivity contribution in [1.82, 2.24) is 0 Å². The fourth-order valence-corrected chi connectivity index (χ4v) is 2.57. The van der Waals surface area contributed by atoms with E-state index < -0.39 is 0 Å². The third-order valence-corrected chi connectivity index (χ3v) is 4.34. The normalized spacial score (nSPS) is 20.8. The lowest BCUT2D eigenvalue weighted by Crippen LogP contribution is -2.16. The van der Waals surface area contributed by atoms with Crippen molar-refractivity contribution < 1.29 is 5.11 Å². The van der Waals surface area contributed by atoms with Crippen LogP contribution in [0.25, 0.3) is 0 Å². The molecule has 1 heteroatoms. The monoisotopic (exact) mass is 232 g/mol. The second kappa shape index (κ2) is 4.81. The molecule has 2 rings (SSSR count). The number of hydrogen-bond acceptors (Lipinski definition) is 1. The molecule has 1 aliphatic carbocycles. The van der Waals surface area contributed by atoms with Gasteiger partial charge in [-0.2, -0.15) is 0 Å². The maximum Gasteiger partial charge on any atom is 0.0792 e. The average molecular weight is 232 g/mol. The van der Waals surface area contributed by atoms with Gasteiger partial charge in [-0.3, -0.25) is 0 Å². The summed E-state index contributed by atoms with van der Waals surface area (Å²) in [6.07, 6.45) is 5.27. The highest BCUT2D eigenvalue weighted by atomic mass is 16.3. The van der Waals surface area contributed by atoms with Crippen LogP contribution in [0.5, 0.6) is 0 Å². The van der Waals surface area contributed by atoms with Gasteiger partial charge in [0.2, 0.25) is 0 Å². The minimum Gasteiger partial charge on any atom is -0.388 e. The van der Waals surface area contributed by atoms with Crippen LogP contribution in [0.3, 0.4) is 0 Å². The van der Waals surface area contributed by atoms with Crippen LogP contribution >= 0.6 is 0 Å². The molecule has 1 atom stereocenters. The van der Waals surface area contributed by atoms with Crippen molar-refractivity contribution in [2.75, 3.05) is 0 Å². The molecule has 0 aliphatic heterocycles. The lowest BCUT2D eigenvalue weighted by molar-refractivity contribution is 0.166. The Morgan fingerprint density at radius 1 is 1.29 bits per heavy atom. The largest absolute Gasteiger partial charge is 0.388 e. The molecule has 1 nitrogen and oxygen atoms in total. The van der Waals surface area contributed by atoms with E-state index in [-0.39, 0.29) is 11.5 Å². The van der Waals surface area contributed by atoms with E-state index in [9.17, 15) is 5.11 Å². The summed E-state index contributed by atoms with van der Waals surface area (Å²) in [6.45, 7) is 6.78. The maximum absolute atomic E-state index is 10.2. The molecule has 1 aliphatic rings. The summed E-state index contributed by atoms with van der Waals surface area (Å²) in [5.74, 6) is 0. The highest BCUT2D eigenvalue weighted by molar-refractivity contribution is 5.37. The maximum atomic E-state index is 10.2. The number of aliphatic hydroxyl groups excluding tert-OH is 1. The number of hydrogen-bond donors (Lipinski definition) is 1. The zero-order chi connectivity index (χ0) is 12.5. The van der Waals surface area contributed by atoms with Gasteiger partial charge in [0.1, 0.15) is 0 Å². The number of rotatable bonds is 2. The summed E-state index contributed by atoms with van der Waals surface area (Å²) >= 11 is 0. The minimum absolute atomic E-state index is 0.209. The van der Waals surface area contributed by atoms with Crippen LogP contribution in [0.15, 0.2) is 18.2 Å². The van der Waals surface area contributed by atoms with Gasteiger partial charge in [0.25, 0.3) is 0 Å². The minimum atomic E-state index is -0.250. The van der Waals surface area contributed by atoms with Gasteiger partial charge in [-0.15, -0.1) is 0 Å². The Bertz CT molecular complexity index is 393. The van der Waals surface area contributed by atoms with Crippen molar-refractivity contribution in [3.63, 3.8) is 0 Å². The molecule has 0 aromatic heterocycles. The van der Waals surface area contributed by atoms with Crippen LogP contribution in [0.4, 0.5) is 0 Å². The Kier molecular flexibility index (Phi) is 3.58. The molecule has 1 aromatic carbocycles. The molecule has 0 bridgehead atoms. The van der Waals surface area contributed by atoms with Gasteiger partial charge in [-0.05, 0) is 47.8 Å². The molecule has 0 heterocycles. The third-order valence-electron chi connectivity index (χ3n) is 4.34. The molecule has 94 valence electrons. The molecule has 17 heavy (non-hydrogen) atoms. The quantitative estimate of drug-likeness (QED) is 0.760. The van der Waals surface area contributed by atoms with Gasteiger partial charge in [0.05, 0.1) is 6.10 Å². The zero-order valence-corrected chi connectivity index (χ0v) is 11.3. The van der Waals surface area contributed by atoms with Crippen molar-refractivity contribution in [2.45, 2.75) is 64.4 Å². The number of benzene rings is 1. The predicted octanol–water partition coefficient (Wildman–Crippen LogP) is 4.13. The Labute approximate surface area is 105 Å². The van der Waals surface area contributed by atoms with Gasteiger partial charge in [0.15, 0.2) is 0 Å². The molecule has 0 saturated carbocycles.